The second-order valence-corrected chi connectivity index (χ2v) is 5.61. The first-order chi connectivity index (χ1) is 8.78. The van der Waals surface area contributed by atoms with Crippen molar-refractivity contribution in [2.75, 3.05) is 23.4 Å². The van der Waals surface area contributed by atoms with Crippen molar-refractivity contribution in [3.05, 3.63) is 11.9 Å². The standard InChI is InChI=1S/C13H21N5/c1-9-12(17-14)15-8-16-13(9)18(6-10-2-3-10)7-11-4-5-11/h8,10-11H,2-7,14H2,1H3,(H,15,16,17). The maximum atomic E-state index is 5.49. The van der Waals surface area contributed by atoms with Crippen LogP contribution in [0.25, 0.3) is 0 Å². The Balaban J connectivity index is 1.82. The fraction of sp³-hybridized carbons (Fsp3) is 0.692. The number of nitrogen functional groups attached to an aromatic ring is 1. The van der Waals surface area contributed by atoms with Gasteiger partial charge in [0.1, 0.15) is 18.0 Å². The van der Waals surface area contributed by atoms with Gasteiger partial charge in [-0.2, -0.15) is 0 Å². The van der Waals surface area contributed by atoms with Crippen LogP contribution < -0.4 is 16.2 Å². The number of nitrogens with zero attached hydrogens (tertiary/aromatic N) is 3. The molecule has 0 aliphatic heterocycles. The van der Waals surface area contributed by atoms with Gasteiger partial charge in [-0.05, 0) is 44.4 Å². The lowest BCUT2D eigenvalue weighted by atomic mass is 10.2. The molecule has 0 radical (unpaired) electrons. The number of nitrogens with two attached hydrogens (primary N) is 1. The lowest BCUT2D eigenvalue weighted by Gasteiger charge is -2.25. The summed E-state index contributed by atoms with van der Waals surface area (Å²) in [6, 6.07) is 0. The van der Waals surface area contributed by atoms with E-state index in [-0.39, 0.29) is 0 Å². The van der Waals surface area contributed by atoms with E-state index in [2.05, 4.69) is 20.3 Å². The maximum Gasteiger partial charge on any atom is 0.148 e. The van der Waals surface area contributed by atoms with Gasteiger partial charge in [0.2, 0.25) is 0 Å². The molecule has 0 saturated heterocycles. The molecule has 0 spiro atoms. The molecule has 3 N–H and O–H groups in total. The van der Waals surface area contributed by atoms with Crippen LogP contribution in [-0.2, 0) is 0 Å². The summed E-state index contributed by atoms with van der Waals surface area (Å²) >= 11 is 0. The van der Waals surface area contributed by atoms with Crippen molar-refractivity contribution in [3.63, 3.8) is 0 Å². The third-order valence-corrected chi connectivity index (χ3v) is 3.84. The van der Waals surface area contributed by atoms with E-state index in [1.807, 2.05) is 6.92 Å². The van der Waals surface area contributed by atoms with Gasteiger partial charge in [-0.15, -0.1) is 0 Å². The van der Waals surface area contributed by atoms with E-state index in [1.54, 1.807) is 6.33 Å². The lowest BCUT2D eigenvalue weighted by molar-refractivity contribution is 0.668. The van der Waals surface area contributed by atoms with Crippen LogP contribution in [0, 0.1) is 18.8 Å². The van der Waals surface area contributed by atoms with Gasteiger partial charge in [-0.25, -0.2) is 15.8 Å². The molecule has 2 aliphatic rings. The molecule has 0 unspecified atom stereocenters. The molecule has 0 aromatic carbocycles. The summed E-state index contributed by atoms with van der Waals surface area (Å²) in [5.74, 6) is 9.01. The first kappa shape index (κ1) is 11.7. The topological polar surface area (TPSA) is 67.1 Å². The molecule has 5 heteroatoms. The fourth-order valence-corrected chi connectivity index (χ4v) is 2.38. The van der Waals surface area contributed by atoms with Gasteiger partial charge in [0.05, 0.1) is 0 Å². The quantitative estimate of drug-likeness (QED) is 0.591. The molecule has 1 heterocycles. The highest BCUT2D eigenvalue weighted by atomic mass is 15.3. The minimum Gasteiger partial charge on any atom is -0.356 e. The number of aromatic nitrogens is 2. The SMILES string of the molecule is Cc1c(NN)ncnc1N(CC1CC1)CC1CC1. The summed E-state index contributed by atoms with van der Waals surface area (Å²) in [7, 11) is 0. The van der Waals surface area contributed by atoms with Crippen LogP contribution in [0.15, 0.2) is 6.33 Å². The Kier molecular flexibility index (Phi) is 3.07. The molecular formula is C13H21N5. The minimum atomic E-state index is 0.733. The number of hydrogen-bond acceptors (Lipinski definition) is 5. The van der Waals surface area contributed by atoms with Gasteiger partial charge < -0.3 is 10.3 Å². The van der Waals surface area contributed by atoms with Gasteiger partial charge in [0.25, 0.3) is 0 Å². The third-order valence-electron chi connectivity index (χ3n) is 3.84. The molecule has 2 fully saturated rings. The van der Waals surface area contributed by atoms with Crippen LogP contribution in [0.3, 0.4) is 0 Å². The highest BCUT2D eigenvalue weighted by Gasteiger charge is 2.30. The van der Waals surface area contributed by atoms with Gasteiger partial charge >= 0.3 is 0 Å². The van der Waals surface area contributed by atoms with E-state index in [0.717, 1.165) is 42.1 Å². The maximum absolute atomic E-state index is 5.49. The van der Waals surface area contributed by atoms with E-state index < -0.39 is 0 Å². The molecule has 98 valence electrons. The average Bonchev–Trinajstić information content (AvgIpc) is 3.24. The van der Waals surface area contributed by atoms with E-state index in [9.17, 15) is 0 Å². The molecule has 5 nitrogen and oxygen atoms in total. The Labute approximate surface area is 108 Å². The zero-order chi connectivity index (χ0) is 12.5. The van der Waals surface area contributed by atoms with Crippen molar-refractivity contribution in [2.45, 2.75) is 32.6 Å². The number of hydrazine groups is 1. The van der Waals surface area contributed by atoms with Crippen LogP contribution in [0.1, 0.15) is 31.2 Å². The smallest absolute Gasteiger partial charge is 0.148 e. The first-order valence-corrected chi connectivity index (χ1v) is 6.81. The molecule has 0 atom stereocenters. The predicted octanol–water partition coefficient (Wildman–Crippen LogP) is 1.70. The van der Waals surface area contributed by atoms with E-state index >= 15 is 0 Å². The zero-order valence-electron chi connectivity index (χ0n) is 10.9. The van der Waals surface area contributed by atoms with Crippen LogP contribution in [0.5, 0.6) is 0 Å². The molecule has 1 aromatic rings. The fourth-order valence-electron chi connectivity index (χ4n) is 2.38. The van der Waals surface area contributed by atoms with Crippen LogP contribution in [0.4, 0.5) is 11.6 Å². The summed E-state index contributed by atoms with van der Waals surface area (Å²) in [6.07, 6.45) is 7.07. The number of rotatable bonds is 6. The molecule has 0 bridgehead atoms. The molecule has 2 saturated carbocycles. The van der Waals surface area contributed by atoms with Crippen molar-refractivity contribution in [3.8, 4) is 0 Å². The van der Waals surface area contributed by atoms with E-state index in [4.69, 9.17) is 5.84 Å². The summed E-state index contributed by atoms with van der Waals surface area (Å²) in [6.45, 7) is 4.31. The normalized spacial score (nSPS) is 18.8. The monoisotopic (exact) mass is 247 g/mol. The highest BCUT2D eigenvalue weighted by Crippen LogP contribution is 2.36. The molecular weight excluding hydrogens is 226 g/mol. The van der Waals surface area contributed by atoms with Crippen molar-refractivity contribution in [2.24, 2.45) is 17.7 Å². The van der Waals surface area contributed by atoms with E-state index in [0.29, 0.717) is 0 Å². The van der Waals surface area contributed by atoms with Crippen molar-refractivity contribution in [1.29, 1.82) is 0 Å². The summed E-state index contributed by atoms with van der Waals surface area (Å²) < 4.78 is 0. The second kappa shape index (κ2) is 4.72. The molecule has 3 rings (SSSR count). The van der Waals surface area contributed by atoms with E-state index in [1.165, 1.54) is 25.7 Å². The van der Waals surface area contributed by atoms with Crippen LogP contribution in [-0.4, -0.2) is 23.1 Å². The molecule has 18 heavy (non-hydrogen) atoms. The first-order valence-electron chi connectivity index (χ1n) is 6.81. The van der Waals surface area contributed by atoms with Gasteiger partial charge in [-0.1, -0.05) is 0 Å². The summed E-state index contributed by atoms with van der Waals surface area (Å²) in [5.41, 5.74) is 3.71. The zero-order valence-corrected chi connectivity index (χ0v) is 10.9. The third kappa shape index (κ3) is 2.56. The Morgan fingerprint density at radius 1 is 1.22 bits per heavy atom. The largest absolute Gasteiger partial charge is 0.356 e. The van der Waals surface area contributed by atoms with Gasteiger partial charge in [0, 0.05) is 18.7 Å². The van der Waals surface area contributed by atoms with Crippen molar-refractivity contribution in [1.82, 2.24) is 9.97 Å². The summed E-state index contributed by atoms with van der Waals surface area (Å²) in [4.78, 5) is 11.1. The van der Waals surface area contributed by atoms with Crippen molar-refractivity contribution < 1.29 is 0 Å². The van der Waals surface area contributed by atoms with Gasteiger partial charge in [-0.3, -0.25) is 0 Å². The molecule has 0 amide bonds. The second-order valence-electron chi connectivity index (χ2n) is 5.61. The van der Waals surface area contributed by atoms with Gasteiger partial charge in [0.15, 0.2) is 0 Å². The predicted molar refractivity (Wildman–Crippen MR) is 72.2 cm³/mol. The number of hydrogen-bond donors (Lipinski definition) is 2. The van der Waals surface area contributed by atoms with Crippen LogP contribution >= 0.6 is 0 Å². The van der Waals surface area contributed by atoms with Crippen molar-refractivity contribution >= 4 is 11.6 Å². The Hall–Kier alpha value is -1.36. The van der Waals surface area contributed by atoms with Crippen LogP contribution in [0.2, 0.25) is 0 Å². The Morgan fingerprint density at radius 2 is 1.83 bits per heavy atom. The average molecular weight is 247 g/mol. The summed E-state index contributed by atoms with van der Waals surface area (Å²) in [5, 5.41) is 0. The molecule has 1 aromatic heterocycles. The number of nitrogens with one attached hydrogen (secondary N) is 1. The molecule has 2 aliphatic carbocycles. The minimum absolute atomic E-state index is 0.733. The lowest BCUT2D eigenvalue weighted by Crippen LogP contribution is -2.30. The number of anilines is 2. The Morgan fingerprint density at radius 3 is 2.33 bits per heavy atom. The Bertz CT molecular complexity index is 411. The highest BCUT2D eigenvalue weighted by molar-refractivity contribution is 5.57.